The fourth-order valence-electron chi connectivity index (χ4n) is 8.84. The van der Waals surface area contributed by atoms with E-state index < -0.39 is 0 Å². The van der Waals surface area contributed by atoms with Crippen LogP contribution in [0.4, 0.5) is 0 Å². The molecule has 2 atom stereocenters. The number of rotatable bonds is 48. The minimum Gasteiger partial charge on any atom is -0.378 e. The van der Waals surface area contributed by atoms with Gasteiger partial charge in [-0.15, -0.1) is 0 Å². The summed E-state index contributed by atoms with van der Waals surface area (Å²) in [6.07, 6.45) is 65.2. The summed E-state index contributed by atoms with van der Waals surface area (Å²) in [7, 11) is 0. The van der Waals surface area contributed by atoms with E-state index in [2.05, 4.69) is 44.7 Å². The largest absolute Gasteiger partial charge is 0.378 e. The molecule has 2 heteroatoms. The predicted molar refractivity (Wildman–Crippen MR) is 251 cm³/mol. The van der Waals surface area contributed by atoms with Gasteiger partial charge in [-0.2, -0.15) is 0 Å². The topological polar surface area (TPSA) is 23.5 Å². The van der Waals surface area contributed by atoms with Gasteiger partial charge in [0, 0.05) is 12.6 Å². The van der Waals surface area contributed by atoms with Crippen molar-refractivity contribution in [2.24, 2.45) is 0 Å². The second-order valence-electron chi connectivity index (χ2n) is 18.2. The van der Waals surface area contributed by atoms with E-state index in [1.54, 1.807) is 0 Å². The minimum atomic E-state index is -0.242. The monoisotopic (exact) mass is 774 g/mol. The minimum absolute atomic E-state index is 0.242. The van der Waals surface area contributed by atoms with Gasteiger partial charge in [0.05, 0.1) is 0 Å². The normalized spacial score (nSPS) is 13.1. The molecular formula is C53H107NO. The molecule has 330 valence electrons. The van der Waals surface area contributed by atoms with Crippen molar-refractivity contribution in [3.63, 3.8) is 0 Å². The van der Waals surface area contributed by atoms with E-state index in [1.165, 1.54) is 270 Å². The Morgan fingerprint density at radius 1 is 0.309 bits per heavy atom. The lowest BCUT2D eigenvalue weighted by Gasteiger charge is -2.36. The third-order valence-electron chi connectivity index (χ3n) is 12.6. The summed E-state index contributed by atoms with van der Waals surface area (Å²) in [6.45, 7) is 10.3. The summed E-state index contributed by atoms with van der Waals surface area (Å²) in [5.41, 5.74) is 0. The van der Waals surface area contributed by atoms with Crippen LogP contribution in [-0.4, -0.2) is 28.8 Å². The zero-order valence-electron chi connectivity index (χ0n) is 39.0. The van der Waals surface area contributed by atoms with Crippen LogP contribution in [0, 0.1) is 0 Å². The molecule has 0 saturated carbocycles. The molecule has 0 saturated heterocycles. The van der Waals surface area contributed by atoms with Gasteiger partial charge in [-0.1, -0.05) is 265 Å². The lowest BCUT2D eigenvalue weighted by Crippen LogP contribution is -2.44. The van der Waals surface area contributed by atoms with Crippen molar-refractivity contribution in [3.8, 4) is 0 Å². The first-order chi connectivity index (χ1) is 27.2. The molecule has 0 aliphatic carbocycles. The average molecular weight is 774 g/mol. The van der Waals surface area contributed by atoms with Crippen LogP contribution < -0.4 is 0 Å². The van der Waals surface area contributed by atoms with Gasteiger partial charge in [0.2, 0.25) is 0 Å². The van der Waals surface area contributed by atoms with E-state index in [0.29, 0.717) is 6.04 Å². The number of hydrogen-bond acceptors (Lipinski definition) is 2. The summed E-state index contributed by atoms with van der Waals surface area (Å²) in [5.74, 6) is 0. The Bertz CT molecular complexity index is 705. The molecule has 0 aliphatic heterocycles. The van der Waals surface area contributed by atoms with Gasteiger partial charge in [-0.25, -0.2) is 0 Å². The lowest BCUT2D eigenvalue weighted by atomic mass is 9.97. The Labute approximate surface area is 350 Å². The SMILES string of the molecule is CCCCCCCC/C=C\CCCCCCCCC(CCCCCCCCCCCCCCC)N(CCC)C(O)CCCCCCCCCCCCCCC. The highest BCUT2D eigenvalue weighted by Gasteiger charge is 2.23. The fraction of sp³-hybridized carbons (Fsp3) is 0.962. The number of unbranched alkanes of at least 4 members (excludes halogenated alkanes) is 36. The Morgan fingerprint density at radius 2 is 0.564 bits per heavy atom. The molecule has 2 unspecified atom stereocenters. The summed E-state index contributed by atoms with van der Waals surface area (Å²) in [5, 5.41) is 11.5. The van der Waals surface area contributed by atoms with Gasteiger partial charge < -0.3 is 5.11 Å². The first-order valence-electron chi connectivity index (χ1n) is 26.3. The third-order valence-corrected chi connectivity index (χ3v) is 12.6. The Balaban J connectivity index is 4.46. The van der Waals surface area contributed by atoms with Crippen molar-refractivity contribution >= 4 is 0 Å². The molecule has 0 fully saturated rings. The molecule has 2 nitrogen and oxygen atoms in total. The molecule has 0 aromatic carbocycles. The smallest absolute Gasteiger partial charge is 0.107 e. The van der Waals surface area contributed by atoms with E-state index in [9.17, 15) is 5.11 Å². The highest BCUT2D eigenvalue weighted by Crippen LogP contribution is 2.24. The zero-order valence-corrected chi connectivity index (χ0v) is 39.0. The van der Waals surface area contributed by atoms with Gasteiger partial charge in [0.15, 0.2) is 0 Å². The van der Waals surface area contributed by atoms with Crippen LogP contribution in [0.2, 0.25) is 0 Å². The first kappa shape index (κ1) is 54.7. The second-order valence-corrected chi connectivity index (χ2v) is 18.2. The third kappa shape index (κ3) is 41.6. The molecule has 0 bridgehead atoms. The van der Waals surface area contributed by atoms with Gasteiger partial charge in [0.25, 0.3) is 0 Å². The van der Waals surface area contributed by atoms with Gasteiger partial charge in [0.1, 0.15) is 6.23 Å². The maximum Gasteiger partial charge on any atom is 0.107 e. The Hall–Kier alpha value is -0.340. The lowest BCUT2D eigenvalue weighted by molar-refractivity contribution is -0.0372. The van der Waals surface area contributed by atoms with E-state index in [0.717, 1.165) is 19.4 Å². The quantitative estimate of drug-likeness (QED) is 0.0378. The van der Waals surface area contributed by atoms with E-state index >= 15 is 0 Å². The van der Waals surface area contributed by atoms with Crippen LogP contribution >= 0.6 is 0 Å². The molecular weight excluding hydrogens is 667 g/mol. The van der Waals surface area contributed by atoms with Gasteiger partial charge >= 0.3 is 0 Å². The highest BCUT2D eigenvalue weighted by molar-refractivity contribution is 4.81. The van der Waals surface area contributed by atoms with E-state index in [1.807, 2.05) is 0 Å². The van der Waals surface area contributed by atoms with Crippen molar-refractivity contribution in [2.75, 3.05) is 6.54 Å². The first-order valence-corrected chi connectivity index (χ1v) is 26.3. The summed E-state index contributed by atoms with van der Waals surface area (Å²) in [4.78, 5) is 2.57. The zero-order chi connectivity index (χ0) is 40.0. The van der Waals surface area contributed by atoms with Crippen molar-refractivity contribution in [1.82, 2.24) is 4.90 Å². The second kappa shape index (κ2) is 48.0. The number of hydrogen-bond donors (Lipinski definition) is 1. The predicted octanol–water partition coefficient (Wildman–Crippen LogP) is 18.8. The molecule has 0 aromatic heterocycles. The molecule has 0 aliphatic rings. The molecule has 0 amide bonds. The van der Waals surface area contributed by atoms with Crippen molar-refractivity contribution in [1.29, 1.82) is 0 Å². The van der Waals surface area contributed by atoms with Crippen LogP contribution in [0.5, 0.6) is 0 Å². The molecule has 55 heavy (non-hydrogen) atoms. The van der Waals surface area contributed by atoms with E-state index in [-0.39, 0.29) is 6.23 Å². The van der Waals surface area contributed by atoms with Crippen molar-refractivity contribution in [3.05, 3.63) is 12.2 Å². The molecule has 0 spiro atoms. The molecule has 0 heterocycles. The number of nitrogens with zero attached hydrogens (tertiary/aromatic N) is 1. The van der Waals surface area contributed by atoms with Crippen molar-refractivity contribution in [2.45, 2.75) is 322 Å². The summed E-state index contributed by atoms with van der Waals surface area (Å²) < 4.78 is 0. The maximum absolute atomic E-state index is 11.5. The van der Waals surface area contributed by atoms with Crippen LogP contribution in [0.25, 0.3) is 0 Å². The average Bonchev–Trinajstić information content (AvgIpc) is 3.19. The van der Waals surface area contributed by atoms with Crippen LogP contribution in [0.15, 0.2) is 12.2 Å². The highest BCUT2D eigenvalue weighted by atomic mass is 16.3. The molecule has 1 N–H and O–H groups in total. The van der Waals surface area contributed by atoms with Crippen LogP contribution in [0.1, 0.15) is 310 Å². The summed E-state index contributed by atoms with van der Waals surface area (Å²) in [6, 6.07) is 0.571. The molecule has 0 rings (SSSR count). The van der Waals surface area contributed by atoms with Gasteiger partial charge in [-0.05, 0) is 57.8 Å². The molecule has 0 radical (unpaired) electrons. The Morgan fingerprint density at radius 3 is 0.855 bits per heavy atom. The van der Waals surface area contributed by atoms with Crippen LogP contribution in [-0.2, 0) is 0 Å². The number of aliphatic hydroxyl groups is 1. The number of allylic oxidation sites excluding steroid dienone is 2. The summed E-state index contributed by atoms with van der Waals surface area (Å²) >= 11 is 0. The van der Waals surface area contributed by atoms with Gasteiger partial charge in [-0.3, -0.25) is 4.90 Å². The van der Waals surface area contributed by atoms with E-state index in [4.69, 9.17) is 0 Å². The fourth-order valence-corrected chi connectivity index (χ4v) is 8.84. The standard InChI is InChI=1S/C53H107NO/c1-5-9-12-15-18-21-24-27-28-29-32-34-37-40-43-46-49-52(48-45-42-39-36-33-30-25-22-19-16-13-10-6-2)54(51-8-4)53(55)50-47-44-41-38-35-31-26-23-20-17-14-11-7-3/h27-28,52-53,55H,5-26,29-51H2,1-4H3/b28-27-. The molecule has 0 aromatic rings. The maximum atomic E-state index is 11.5. The Kier molecular flexibility index (Phi) is 47.7. The van der Waals surface area contributed by atoms with Crippen molar-refractivity contribution < 1.29 is 5.11 Å². The van der Waals surface area contributed by atoms with Crippen LogP contribution in [0.3, 0.4) is 0 Å². The number of aliphatic hydroxyl groups excluding tert-OH is 1.